The van der Waals surface area contributed by atoms with Crippen molar-refractivity contribution in [3.8, 4) is 11.5 Å². The van der Waals surface area contributed by atoms with Crippen LogP contribution in [0.25, 0.3) is 0 Å². The van der Waals surface area contributed by atoms with Crippen LogP contribution in [0.4, 0.5) is 0 Å². The third-order valence-electron chi connectivity index (χ3n) is 5.63. The predicted molar refractivity (Wildman–Crippen MR) is 124 cm³/mol. The molecular weight excluding hydrogens is 388 g/mol. The van der Waals surface area contributed by atoms with E-state index in [1.807, 2.05) is 62.4 Å². The van der Waals surface area contributed by atoms with E-state index < -0.39 is 5.79 Å². The number of rotatable bonds is 11. The first-order chi connectivity index (χ1) is 15.1. The minimum Gasteiger partial charge on any atom is -0.490 e. The minimum absolute atomic E-state index is 0.0349. The highest BCUT2D eigenvalue weighted by Crippen LogP contribution is 2.39. The fourth-order valence-electron chi connectivity index (χ4n) is 3.69. The van der Waals surface area contributed by atoms with Gasteiger partial charge < -0.3 is 18.9 Å². The topological polar surface area (TPSA) is 36.9 Å². The molecule has 0 bridgehead atoms. The lowest BCUT2D eigenvalue weighted by Crippen LogP contribution is -2.38. The standard InChI is InChI=1S/C27H32O4/c1-5-30-26-19-23(16-17-25(26)31-20-22-14-10-7-11-15-22)24(27(2,28-3)29-4)18-21-12-8-6-9-13-21/h6-17,19,24H,5,18,20H2,1-4H3. The monoisotopic (exact) mass is 420 g/mol. The van der Waals surface area contributed by atoms with Crippen molar-refractivity contribution in [2.45, 2.75) is 38.6 Å². The van der Waals surface area contributed by atoms with Crippen molar-refractivity contribution >= 4 is 0 Å². The van der Waals surface area contributed by atoms with Gasteiger partial charge in [0.05, 0.1) is 6.61 Å². The fraction of sp³-hybridized carbons (Fsp3) is 0.333. The molecule has 31 heavy (non-hydrogen) atoms. The molecule has 0 radical (unpaired) electrons. The lowest BCUT2D eigenvalue weighted by molar-refractivity contribution is -0.208. The van der Waals surface area contributed by atoms with Gasteiger partial charge in [0, 0.05) is 20.1 Å². The Labute approximate surface area is 185 Å². The molecule has 0 fully saturated rings. The van der Waals surface area contributed by atoms with Gasteiger partial charge in [0.15, 0.2) is 17.3 Å². The molecule has 0 spiro atoms. The fourth-order valence-corrected chi connectivity index (χ4v) is 3.69. The first kappa shape index (κ1) is 22.9. The van der Waals surface area contributed by atoms with Gasteiger partial charge in [-0.2, -0.15) is 0 Å². The van der Waals surface area contributed by atoms with Crippen molar-refractivity contribution in [3.05, 3.63) is 95.6 Å². The number of benzene rings is 3. The van der Waals surface area contributed by atoms with Crippen LogP contribution in [0.2, 0.25) is 0 Å². The molecule has 0 aromatic heterocycles. The van der Waals surface area contributed by atoms with E-state index in [1.54, 1.807) is 14.2 Å². The maximum atomic E-state index is 6.08. The van der Waals surface area contributed by atoms with Gasteiger partial charge in [-0.3, -0.25) is 0 Å². The summed E-state index contributed by atoms with van der Waals surface area (Å²) >= 11 is 0. The second-order valence-electron chi connectivity index (χ2n) is 7.58. The molecule has 0 N–H and O–H groups in total. The molecule has 3 aromatic carbocycles. The lowest BCUT2D eigenvalue weighted by Gasteiger charge is -2.36. The summed E-state index contributed by atoms with van der Waals surface area (Å²) in [5, 5.41) is 0. The van der Waals surface area contributed by atoms with Gasteiger partial charge in [0.1, 0.15) is 6.61 Å². The summed E-state index contributed by atoms with van der Waals surface area (Å²) in [6.45, 7) is 4.99. The molecule has 4 nitrogen and oxygen atoms in total. The summed E-state index contributed by atoms with van der Waals surface area (Å²) in [5.74, 6) is 0.631. The molecule has 0 aliphatic carbocycles. The molecule has 3 aromatic rings. The highest BCUT2D eigenvalue weighted by molar-refractivity contribution is 5.45. The van der Waals surface area contributed by atoms with E-state index in [1.165, 1.54) is 5.56 Å². The molecule has 0 aliphatic heterocycles. The SMILES string of the molecule is CCOc1cc(C(Cc2ccccc2)C(C)(OC)OC)ccc1OCc1ccccc1. The van der Waals surface area contributed by atoms with Crippen LogP contribution in [0.3, 0.4) is 0 Å². The summed E-state index contributed by atoms with van der Waals surface area (Å²) in [7, 11) is 3.37. The molecule has 0 aliphatic rings. The molecule has 0 saturated heterocycles. The molecular formula is C27H32O4. The maximum absolute atomic E-state index is 6.08. The average Bonchev–Trinajstić information content (AvgIpc) is 2.83. The van der Waals surface area contributed by atoms with Crippen molar-refractivity contribution in [2.75, 3.05) is 20.8 Å². The number of methoxy groups -OCH3 is 2. The zero-order chi connectivity index (χ0) is 22.1. The van der Waals surface area contributed by atoms with E-state index in [2.05, 4.69) is 30.3 Å². The van der Waals surface area contributed by atoms with Crippen molar-refractivity contribution in [1.82, 2.24) is 0 Å². The normalized spacial score (nSPS) is 12.4. The molecule has 1 unspecified atom stereocenters. The van der Waals surface area contributed by atoms with Gasteiger partial charge in [-0.1, -0.05) is 66.7 Å². The smallest absolute Gasteiger partial charge is 0.171 e. The summed E-state index contributed by atoms with van der Waals surface area (Å²) in [6, 6.07) is 26.6. The Kier molecular flexibility index (Phi) is 8.10. The van der Waals surface area contributed by atoms with Crippen LogP contribution < -0.4 is 9.47 Å². The van der Waals surface area contributed by atoms with Crippen LogP contribution in [0.5, 0.6) is 11.5 Å². The number of ether oxygens (including phenoxy) is 4. The van der Waals surface area contributed by atoms with Crippen LogP contribution in [0, 0.1) is 0 Å². The number of hydrogen-bond donors (Lipinski definition) is 0. The lowest BCUT2D eigenvalue weighted by atomic mass is 9.85. The molecule has 4 heteroatoms. The zero-order valence-corrected chi connectivity index (χ0v) is 18.8. The van der Waals surface area contributed by atoms with Gasteiger partial charge >= 0.3 is 0 Å². The number of hydrogen-bond acceptors (Lipinski definition) is 4. The van der Waals surface area contributed by atoms with E-state index in [9.17, 15) is 0 Å². The van der Waals surface area contributed by atoms with E-state index in [0.29, 0.717) is 13.2 Å². The molecule has 0 amide bonds. The predicted octanol–water partition coefficient (Wildman–Crippen LogP) is 6.00. The van der Waals surface area contributed by atoms with E-state index in [0.717, 1.165) is 29.0 Å². The Bertz CT molecular complexity index is 920. The van der Waals surface area contributed by atoms with Gasteiger partial charge in [0.2, 0.25) is 0 Å². The van der Waals surface area contributed by atoms with Crippen LogP contribution >= 0.6 is 0 Å². The minimum atomic E-state index is -0.786. The van der Waals surface area contributed by atoms with Gasteiger partial charge in [0.25, 0.3) is 0 Å². The van der Waals surface area contributed by atoms with Crippen LogP contribution in [0.15, 0.2) is 78.9 Å². The van der Waals surface area contributed by atoms with Crippen molar-refractivity contribution in [2.24, 2.45) is 0 Å². The Hall–Kier alpha value is -2.82. The second-order valence-corrected chi connectivity index (χ2v) is 7.58. The average molecular weight is 421 g/mol. The van der Waals surface area contributed by atoms with Crippen molar-refractivity contribution < 1.29 is 18.9 Å². The Morgan fingerprint density at radius 2 is 1.35 bits per heavy atom. The van der Waals surface area contributed by atoms with Gasteiger partial charge in [-0.05, 0) is 49.1 Å². The Morgan fingerprint density at radius 1 is 0.742 bits per heavy atom. The third kappa shape index (κ3) is 5.87. The van der Waals surface area contributed by atoms with Gasteiger partial charge in [-0.15, -0.1) is 0 Å². The second kappa shape index (κ2) is 11.0. The van der Waals surface area contributed by atoms with Crippen LogP contribution in [0.1, 0.15) is 36.5 Å². The van der Waals surface area contributed by atoms with Crippen molar-refractivity contribution in [1.29, 1.82) is 0 Å². The summed E-state index contributed by atoms with van der Waals surface area (Å²) in [5.41, 5.74) is 3.41. The molecule has 164 valence electrons. The largest absolute Gasteiger partial charge is 0.490 e. The van der Waals surface area contributed by atoms with E-state index in [-0.39, 0.29) is 5.92 Å². The molecule has 0 heterocycles. The summed E-state index contributed by atoms with van der Waals surface area (Å²) < 4.78 is 23.7. The summed E-state index contributed by atoms with van der Waals surface area (Å²) in [4.78, 5) is 0. The van der Waals surface area contributed by atoms with E-state index >= 15 is 0 Å². The third-order valence-corrected chi connectivity index (χ3v) is 5.63. The van der Waals surface area contributed by atoms with E-state index in [4.69, 9.17) is 18.9 Å². The first-order valence-electron chi connectivity index (χ1n) is 10.7. The van der Waals surface area contributed by atoms with Crippen molar-refractivity contribution in [3.63, 3.8) is 0 Å². The highest BCUT2D eigenvalue weighted by atomic mass is 16.7. The highest BCUT2D eigenvalue weighted by Gasteiger charge is 2.36. The van der Waals surface area contributed by atoms with Gasteiger partial charge in [-0.25, -0.2) is 0 Å². The zero-order valence-electron chi connectivity index (χ0n) is 18.8. The molecule has 1 atom stereocenters. The Morgan fingerprint density at radius 3 is 1.94 bits per heavy atom. The quantitative estimate of drug-likeness (QED) is 0.357. The van der Waals surface area contributed by atoms with Crippen LogP contribution in [-0.4, -0.2) is 26.6 Å². The first-order valence-corrected chi connectivity index (χ1v) is 10.7. The maximum Gasteiger partial charge on any atom is 0.171 e. The van der Waals surface area contributed by atoms with Crippen LogP contribution in [-0.2, 0) is 22.5 Å². The summed E-state index contributed by atoms with van der Waals surface area (Å²) in [6.07, 6.45) is 0.773. The molecule has 3 rings (SSSR count). The Balaban J connectivity index is 1.91. The molecule has 0 saturated carbocycles.